The smallest absolute Gasteiger partial charge is 0.408 e. The van der Waals surface area contributed by atoms with Crippen molar-refractivity contribution in [1.29, 1.82) is 0 Å². The van der Waals surface area contributed by atoms with Crippen LogP contribution >= 0.6 is 13.5 Å². The van der Waals surface area contributed by atoms with Gasteiger partial charge in [-0.3, -0.25) is 9.78 Å². The second kappa shape index (κ2) is 12.9. The van der Waals surface area contributed by atoms with Gasteiger partial charge in [-0.05, 0) is 86.6 Å². The highest BCUT2D eigenvalue weighted by molar-refractivity contribution is 7.59. The van der Waals surface area contributed by atoms with Gasteiger partial charge in [-0.1, -0.05) is 18.2 Å². The number of pyridine rings is 1. The number of nitrogens with zero attached hydrogens (tertiary/aromatic N) is 1. The van der Waals surface area contributed by atoms with Crippen molar-refractivity contribution in [2.75, 3.05) is 0 Å². The molecule has 2 aliphatic rings. The summed E-state index contributed by atoms with van der Waals surface area (Å²) in [5.41, 5.74) is 4.13. The first-order chi connectivity index (χ1) is 16.9. The third-order valence-corrected chi connectivity index (χ3v) is 6.95. The summed E-state index contributed by atoms with van der Waals surface area (Å²) < 4.78 is 18.2. The monoisotopic (exact) mass is 516 g/mol. The molecule has 194 valence electrons. The molecule has 2 aromatic rings. The summed E-state index contributed by atoms with van der Waals surface area (Å²) in [5.74, 6) is -1.30. The number of carbonyl (C=O) groups excluding carboxylic acids is 2. The van der Waals surface area contributed by atoms with Gasteiger partial charge in [0, 0.05) is 23.7 Å². The van der Waals surface area contributed by atoms with E-state index in [1.54, 1.807) is 6.07 Å². The van der Waals surface area contributed by atoms with E-state index in [1.165, 1.54) is 42.3 Å². The van der Waals surface area contributed by atoms with Gasteiger partial charge >= 0.3 is 12.1 Å². The molecule has 1 atom stereocenters. The predicted molar refractivity (Wildman–Crippen MR) is 137 cm³/mol. The summed E-state index contributed by atoms with van der Waals surface area (Å²) in [4.78, 5) is 40.9. The molecule has 0 radical (unpaired) electrons. The van der Waals surface area contributed by atoms with Crippen LogP contribution in [0.5, 0.6) is 0 Å². The number of rotatable bonds is 10. The first-order valence-electron chi connectivity index (χ1n) is 12.3. The van der Waals surface area contributed by atoms with Crippen LogP contribution in [0, 0.1) is 17.7 Å². The maximum Gasteiger partial charge on any atom is 0.408 e. The van der Waals surface area contributed by atoms with Crippen molar-refractivity contribution >= 4 is 31.3 Å². The predicted octanol–water partition coefficient (Wildman–Crippen LogP) is 4.51. The molecule has 0 saturated heterocycles. The number of fused-ring (bicyclic) bond motifs is 1. The number of ketones is 1. The number of benzene rings is 1. The van der Waals surface area contributed by atoms with Crippen LogP contribution in [0.15, 0.2) is 36.4 Å². The fraction of sp³-hybridized carbons (Fsp3) is 0.481. The molecule has 1 aromatic heterocycles. The van der Waals surface area contributed by atoms with Crippen molar-refractivity contribution in [2.45, 2.75) is 70.4 Å². The number of carboxylic acid groups (broad SMARTS) is 1. The molecule has 2 aliphatic carbocycles. The molecule has 36 heavy (non-hydrogen) atoms. The SMILES string of the molecule is O=C(N[C@@H](CCC(=O)C1CC(Cc2ccc3c(n2)CCCC3)C1)C(=O)O)OCc1cccc(F)c1.S. The lowest BCUT2D eigenvalue weighted by atomic mass is 9.70. The van der Waals surface area contributed by atoms with E-state index in [0.717, 1.165) is 37.8 Å². The van der Waals surface area contributed by atoms with E-state index in [2.05, 4.69) is 17.4 Å². The maximum atomic E-state index is 13.2. The highest BCUT2D eigenvalue weighted by atomic mass is 32.1. The molecule has 0 unspecified atom stereocenters. The fourth-order valence-electron chi connectivity index (χ4n) is 4.91. The maximum absolute atomic E-state index is 13.2. The van der Waals surface area contributed by atoms with Crippen LogP contribution in [-0.2, 0) is 40.2 Å². The molecule has 1 amide bonds. The third-order valence-electron chi connectivity index (χ3n) is 6.95. The molecule has 1 aromatic carbocycles. The molecule has 7 nitrogen and oxygen atoms in total. The van der Waals surface area contributed by atoms with E-state index in [1.807, 2.05) is 0 Å². The summed E-state index contributed by atoms with van der Waals surface area (Å²) in [6.07, 6.45) is 6.19. The molecule has 0 aliphatic heterocycles. The Bertz CT molecular complexity index is 1090. The van der Waals surface area contributed by atoms with Crippen LogP contribution in [0.25, 0.3) is 0 Å². The summed E-state index contributed by atoms with van der Waals surface area (Å²) >= 11 is 0. The number of halogens is 1. The van der Waals surface area contributed by atoms with Crippen molar-refractivity contribution in [2.24, 2.45) is 11.8 Å². The average molecular weight is 517 g/mol. The van der Waals surface area contributed by atoms with E-state index in [9.17, 15) is 23.9 Å². The van der Waals surface area contributed by atoms with Gasteiger partial charge in [0.25, 0.3) is 0 Å². The van der Waals surface area contributed by atoms with E-state index in [4.69, 9.17) is 9.72 Å². The minimum atomic E-state index is -1.23. The molecule has 1 fully saturated rings. The van der Waals surface area contributed by atoms with Crippen LogP contribution in [0.1, 0.15) is 61.0 Å². The highest BCUT2D eigenvalue weighted by Gasteiger charge is 2.35. The molecular formula is C27H33FN2O5S. The van der Waals surface area contributed by atoms with Crippen LogP contribution in [0.4, 0.5) is 9.18 Å². The lowest BCUT2D eigenvalue weighted by molar-refractivity contribution is -0.139. The van der Waals surface area contributed by atoms with Gasteiger partial charge in [-0.2, -0.15) is 13.5 Å². The number of ether oxygens (including phenoxy) is 1. The van der Waals surface area contributed by atoms with Crippen molar-refractivity contribution in [1.82, 2.24) is 10.3 Å². The number of aryl methyl sites for hydroxylation is 2. The summed E-state index contributed by atoms with van der Waals surface area (Å²) in [5, 5.41) is 11.7. The number of hydrogen-bond donors (Lipinski definition) is 2. The minimum Gasteiger partial charge on any atom is -0.480 e. The lowest BCUT2D eigenvalue weighted by Crippen LogP contribution is -2.42. The number of amides is 1. The second-order valence-electron chi connectivity index (χ2n) is 9.60. The molecule has 0 bridgehead atoms. The van der Waals surface area contributed by atoms with Crippen LogP contribution in [0.2, 0.25) is 0 Å². The molecule has 2 N–H and O–H groups in total. The first-order valence-corrected chi connectivity index (χ1v) is 12.3. The van der Waals surface area contributed by atoms with E-state index < -0.39 is 23.9 Å². The number of aliphatic carboxylic acids is 1. The number of carbonyl (C=O) groups is 3. The van der Waals surface area contributed by atoms with Crippen molar-refractivity contribution < 1.29 is 28.6 Å². The number of Topliss-reactive ketones (excluding diaryl/α,β-unsaturated/α-hetero) is 1. The van der Waals surface area contributed by atoms with Gasteiger partial charge in [-0.15, -0.1) is 0 Å². The van der Waals surface area contributed by atoms with Crippen molar-refractivity contribution in [3.63, 3.8) is 0 Å². The van der Waals surface area contributed by atoms with Gasteiger partial charge < -0.3 is 15.2 Å². The zero-order chi connectivity index (χ0) is 24.8. The van der Waals surface area contributed by atoms with Gasteiger partial charge in [0.05, 0.1) is 0 Å². The minimum absolute atomic E-state index is 0. The van der Waals surface area contributed by atoms with Crippen LogP contribution in [0.3, 0.4) is 0 Å². The molecule has 1 heterocycles. The zero-order valence-electron chi connectivity index (χ0n) is 20.2. The van der Waals surface area contributed by atoms with Gasteiger partial charge in [-0.25, -0.2) is 14.0 Å². The summed E-state index contributed by atoms with van der Waals surface area (Å²) in [6.45, 7) is -0.183. The van der Waals surface area contributed by atoms with Gasteiger partial charge in [0.2, 0.25) is 0 Å². The lowest BCUT2D eigenvalue weighted by Gasteiger charge is -2.34. The number of aromatic nitrogens is 1. The average Bonchev–Trinajstić information content (AvgIpc) is 2.82. The molecular weight excluding hydrogens is 483 g/mol. The number of carboxylic acids is 1. The molecule has 9 heteroatoms. The Morgan fingerprint density at radius 1 is 1.14 bits per heavy atom. The Kier molecular flexibility index (Phi) is 9.87. The van der Waals surface area contributed by atoms with Crippen molar-refractivity contribution in [3.8, 4) is 0 Å². The van der Waals surface area contributed by atoms with Crippen LogP contribution in [-0.4, -0.2) is 34.0 Å². The second-order valence-corrected chi connectivity index (χ2v) is 9.60. The van der Waals surface area contributed by atoms with Gasteiger partial charge in [0.15, 0.2) is 0 Å². The Labute approximate surface area is 217 Å². The number of hydrogen-bond acceptors (Lipinski definition) is 5. The fourth-order valence-corrected chi connectivity index (χ4v) is 4.91. The summed E-state index contributed by atoms with van der Waals surface area (Å²) in [6, 6.07) is 8.67. The first kappa shape index (κ1) is 27.6. The Balaban J connectivity index is 0.00000361. The number of nitrogens with one attached hydrogen (secondary N) is 1. The topological polar surface area (TPSA) is 106 Å². The Morgan fingerprint density at radius 3 is 2.67 bits per heavy atom. The standard InChI is InChI=1S/C27H31FN2O5.H2S/c28-21-6-3-4-17(14-21)16-35-27(34)30-24(26(32)33)10-11-25(31)20-12-18(13-20)15-22-9-8-19-5-1-2-7-23(19)29-22;/h3-4,6,8-9,14,18,20,24H,1-2,5,7,10-13,15-16H2,(H,30,34)(H,32,33);1H2/t18?,20?,24-;/m0./s1. The normalized spacial score (nSPS) is 19.1. The quantitative estimate of drug-likeness (QED) is 0.481. The van der Waals surface area contributed by atoms with Crippen LogP contribution < -0.4 is 5.32 Å². The molecule has 0 spiro atoms. The van der Waals surface area contributed by atoms with E-state index >= 15 is 0 Å². The highest BCUT2D eigenvalue weighted by Crippen LogP contribution is 2.37. The van der Waals surface area contributed by atoms with E-state index in [-0.39, 0.29) is 44.6 Å². The Hall–Kier alpha value is -2.94. The van der Waals surface area contributed by atoms with Gasteiger partial charge in [0.1, 0.15) is 24.2 Å². The van der Waals surface area contributed by atoms with Crippen molar-refractivity contribution in [3.05, 3.63) is 64.7 Å². The largest absolute Gasteiger partial charge is 0.480 e. The summed E-state index contributed by atoms with van der Waals surface area (Å²) in [7, 11) is 0. The number of alkyl carbamates (subject to hydrolysis) is 1. The molecule has 4 rings (SSSR count). The Morgan fingerprint density at radius 2 is 1.92 bits per heavy atom. The van der Waals surface area contributed by atoms with E-state index in [0.29, 0.717) is 11.5 Å². The third kappa shape index (κ3) is 7.53. The zero-order valence-corrected chi connectivity index (χ0v) is 21.2. The molecule has 1 saturated carbocycles.